The van der Waals surface area contributed by atoms with Crippen LogP contribution in [0.5, 0.6) is 0 Å². The summed E-state index contributed by atoms with van der Waals surface area (Å²) in [5, 5.41) is 8.65. The number of carboxylic acid groups (broad SMARTS) is 1. The summed E-state index contributed by atoms with van der Waals surface area (Å²) >= 11 is 2.83. The minimum atomic E-state index is -1.35. The molecule has 0 aliphatic carbocycles. The summed E-state index contributed by atoms with van der Waals surface area (Å²) in [7, 11) is 0. The third kappa shape index (κ3) is 1.33. The van der Waals surface area contributed by atoms with Crippen LogP contribution >= 0.6 is 15.9 Å². The zero-order valence-corrected chi connectivity index (χ0v) is 6.27. The molecule has 0 saturated heterocycles. The summed E-state index contributed by atoms with van der Waals surface area (Å²) in [4.78, 5) is 14.0. The molecule has 0 saturated carbocycles. The van der Waals surface area contributed by atoms with Crippen LogP contribution in [0.1, 0.15) is 14.5 Å². The van der Waals surface area contributed by atoms with Gasteiger partial charge in [-0.3, -0.25) is 4.98 Å². The first-order valence-electron chi connectivity index (χ1n) is 3.81. The Kier molecular flexibility index (Phi) is 1.14. The van der Waals surface area contributed by atoms with E-state index in [0.29, 0.717) is 0 Å². The number of halogens is 1. The van der Waals surface area contributed by atoms with Crippen LogP contribution in [0.25, 0.3) is 0 Å². The average molecular weight is 205 g/mol. The zero-order chi connectivity index (χ0) is 10.2. The second kappa shape index (κ2) is 2.79. The molecule has 1 heterocycles. The Balaban J connectivity index is 3.56. The van der Waals surface area contributed by atoms with Crippen LogP contribution in [0.15, 0.2) is 22.9 Å². The van der Waals surface area contributed by atoms with E-state index in [1.165, 1.54) is 0 Å². The normalized spacial score (nSPS) is 13.5. The minimum absolute atomic E-state index is 0.0685. The maximum absolute atomic E-state index is 10.6. The molecule has 0 bridgehead atoms. The van der Waals surface area contributed by atoms with Crippen molar-refractivity contribution in [3.05, 3.63) is 28.4 Å². The first-order chi connectivity index (χ1) is 5.95. The number of carbonyl (C=O) groups is 1. The molecular weight excluding hydrogens is 198 g/mol. The molecule has 1 rings (SSSR count). The van der Waals surface area contributed by atoms with Gasteiger partial charge in [-0.25, -0.2) is 4.79 Å². The Labute approximate surface area is 70.1 Å². The number of hydrogen-bond acceptors (Lipinski definition) is 2. The smallest absolute Gasteiger partial charge is 0.336 e. The van der Waals surface area contributed by atoms with Crippen LogP contribution in [-0.2, 0) is 0 Å². The lowest BCUT2D eigenvalue weighted by Gasteiger charge is -1.93. The Bertz CT molecular complexity index is 356. The van der Waals surface area contributed by atoms with Crippen molar-refractivity contribution < 1.29 is 14.0 Å². The van der Waals surface area contributed by atoms with Gasteiger partial charge in [0, 0.05) is 12.3 Å². The zero-order valence-electron chi connectivity index (χ0n) is 7.68. The topological polar surface area (TPSA) is 50.2 Å². The van der Waals surface area contributed by atoms with Crippen molar-refractivity contribution >= 4 is 21.9 Å². The van der Waals surface area contributed by atoms with Crippen LogP contribution in [0.3, 0.4) is 0 Å². The second-order valence-electron chi connectivity index (χ2n) is 1.45. The van der Waals surface area contributed by atoms with Gasteiger partial charge in [-0.2, -0.15) is 0 Å². The van der Waals surface area contributed by atoms with Crippen molar-refractivity contribution in [3.8, 4) is 0 Å². The number of aromatic nitrogens is 1. The standard InChI is InChI=1S/C6H4BrNO2/c7-5-3-8-2-1-4(5)6(9)10/h1-3H,(H,9,10)/i1D,2D,3D. The van der Waals surface area contributed by atoms with Crippen molar-refractivity contribution in [2.24, 2.45) is 0 Å². The summed E-state index contributed by atoms with van der Waals surface area (Å²) in [6.45, 7) is 0. The Morgan fingerprint density at radius 2 is 2.60 bits per heavy atom. The fraction of sp³-hybridized carbons (Fsp3) is 0. The second-order valence-corrected chi connectivity index (χ2v) is 2.25. The fourth-order valence-electron chi connectivity index (χ4n) is 0.419. The lowest BCUT2D eigenvalue weighted by molar-refractivity contribution is 0.0696. The molecule has 0 radical (unpaired) electrons. The number of pyridine rings is 1. The van der Waals surface area contributed by atoms with Gasteiger partial charge in [-0.15, -0.1) is 0 Å². The number of carboxylic acids is 1. The highest BCUT2D eigenvalue weighted by Crippen LogP contribution is 2.13. The van der Waals surface area contributed by atoms with Gasteiger partial charge in [0.2, 0.25) is 0 Å². The maximum atomic E-state index is 10.6. The molecule has 4 heteroatoms. The molecular formula is C6H4BrNO2. The first-order valence-corrected chi connectivity index (χ1v) is 3.11. The predicted molar refractivity (Wildman–Crippen MR) is 38.9 cm³/mol. The molecule has 0 aliphatic rings. The molecule has 0 aliphatic heterocycles. The molecule has 0 fully saturated rings. The van der Waals surface area contributed by atoms with Crippen molar-refractivity contribution in [2.45, 2.75) is 0 Å². The van der Waals surface area contributed by atoms with E-state index in [9.17, 15) is 4.79 Å². The maximum Gasteiger partial charge on any atom is 0.336 e. The summed E-state index contributed by atoms with van der Waals surface area (Å²) < 4.78 is 21.4. The van der Waals surface area contributed by atoms with E-state index in [1.807, 2.05) is 0 Å². The number of nitrogens with zero attached hydrogens (tertiary/aromatic N) is 1. The third-order valence-corrected chi connectivity index (χ3v) is 1.40. The van der Waals surface area contributed by atoms with E-state index in [0.717, 1.165) is 0 Å². The highest BCUT2D eigenvalue weighted by Gasteiger charge is 2.05. The monoisotopic (exact) mass is 204 g/mol. The number of hydrogen-bond donors (Lipinski definition) is 1. The molecule has 3 nitrogen and oxygen atoms in total. The van der Waals surface area contributed by atoms with Gasteiger partial charge in [0.05, 0.1) is 14.1 Å². The summed E-state index contributed by atoms with van der Waals surface area (Å²) in [6, 6.07) is -0.490. The number of rotatable bonds is 1. The first kappa shape index (κ1) is 4.08. The molecule has 1 aromatic heterocycles. The average Bonchev–Trinajstić information content (AvgIpc) is 2.01. The highest BCUT2D eigenvalue weighted by molar-refractivity contribution is 9.10. The Hall–Kier alpha value is -0.900. The summed E-state index contributed by atoms with van der Waals surface area (Å²) in [5.74, 6) is -1.35. The van der Waals surface area contributed by atoms with Crippen LogP contribution in [0, 0.1) is 0 Å². The predicted octanol–water partition coefficient (Wildman–Crippen LogP) is 1.54. The van der Waals surface area contributed by atoms with E-state index in [1.54, 1.807) is 0 Å². The number of aromatic carboxylic acids is 1. The van der Waals surface area contributed by atoms with E-state index in [2.05, 4.69) is 20.9 Å². The van der Waals surface area contributed by atoms with Gasteiger partial charge in [-0.1, -0.05) is 0 Å². The van der Waals surface area contributed by atoms with Crippen LogP contribution < -0.4 is 0 Å². The lowest BCUT2D eigenvalue weighted by atomic mass is 10.3. The highest BCUT2D eigenvalue weighted by atomic mass is 79.9. The molecule has 1 aromatic rings. The fourth-order valence-corrected chi connectivity index (χ4v) is 0.776. The van der Waals surface area contributed by atoms with Gasteiger partial charge in [-0.05, 0) is 22.0 Å². The van der Waals surface area contributed by atoms with Crippen molar-refractivity contribution in [2.75, 3.05) is 0 Å². The molecule has 0 atom stereocenters. The van der Waals surface area contributed by atoms with E-state index >= 15 is 0 Å². The van der Waals surface area contributed by atoms with Crippen LogP contribution in [0.2, 0.25) is 0 Å². The molecule has 1 N–H and O–H groups in total. The van der Waals surface area contributed by atoms with Gasteiger partial charge in [0.1, 0.15) is 0 Å². The van der Waals surface area contributed by atoms with Gasteiger partial charge in [0.25, 0.3) is 0 Å². The third-order valence-electron chi connectivity index (χ3n) is 0.824. The summed E-state index contributed by atoms with van der Waals surface area (Å²) in [6.07, 6.45) is -0.857. The van der Waals surface area contributed by atoms with E-state index in [-0.39, 0.29) is 10.6 Å². The molecule has 0 spiro atoms. The molecule has 0 unspecified atom stereocenters. The lowest BCUT2D eigenvalue weighted by Crippen LogP contribution is -1.96. The molecule has 52 valence electrons. The Morgan fingerprint density at radius 1 is 1.90 bits per heavy atom. The van der Waals surface area contributed by atoms with Gasteiger partial charge in [0.15, 0.2) is 0 Å². The Morgan fingerprint density at radius 3 is 3.20 bits per heavy atom. The SMILES string of the molecule is [2H]c1nc([2H])c(Br)c(C(=O)O)c1[2H]. The molecule has 10 heavy (non-hydrogen) atoms. The van der Waals surface area contributed by atoms with Crippen LogP contribution in [0.4, 0.5) is 0 Å². The van der Waals surface area contributed by atoms with Gasteiger partial charge < -0.3 is 5.11 Å². The van der Waals surface area contributed by atoms with E-state index in [4.69, 9.17) is 9.22 Å². The molecule has 0 amide bonds. The van der Waals surface area contributed by atoms with Gasteiger partial charge >= 0.3 is 5.97 Å². The van der Waals surface area contributed by atoms with Crippen LogP contribution in [-0.4, -0.2) is 16.1 Å². The minimum Gasteiger partial charge on any atom is -0.478 e. The van der Waals surface area contributed by atoms with Crippen molar-refractivity contribution in [3.63, 3.8) is 0 Å². The van der Waals surface area contributed by atoms with Crippen molar-refractivity contribution in [1.29, 1.82) is 0 Å². The quantitative estimate of drug-likeness (QED) is 0.756. The molecule has 0 aromatic carbocycles. The largest absolute Gasteiger partial charge is 0.478 e. The van der Waals surface area contributed by atoms with E-state index < -0.39 is 23.7 Å². The summed E-state index contributed by atoms with van der Waals surface area (Å²) in [5.41, 5.74) is -0.398. The van der Waals surface area contributed by atoms with Crippen molar-refractivity contribution in [1.82, 2.24) is 4.98 Å².